The SMILES string of the molecule is N#Cc1ccc(-c2c(-c3ccc(F)cc3)nc3cc[nH]c3c2C[C@H]2CCNC2)cc1. The average molecular weight is 396 g/mol. The first-order valence-electron chi connectivity index (χ1n) is 10.2. The summed E-state index contributed by atoms with van der Waals surface area (Å²) in [5, 5.41) is 12.7. The van der Waals surface area contributed by atoms with E-state index in [-0.39, 0.29) is 5.82 Å². The molecule has 4 aromatic rings. The summed E-state index contributed by atoms with van der Waals surface area (Å²) in [7, 11) is 0. The second kappa shape index (κ2) is 7.74. The highest BCUT2D eigenvalue weighted by Gasteiger charge is 2.23. The number of benzene rings is 2. The van der Waals surface area contributed by atoms with Crippen molar-refractivity contribution in [1.29, 1.82) is 5.26 Å². The molecule has 1 saturated heterocycles. The molecule has 2 aromatic carbocycles. The van der Waals surface area contributed by atoms with Crippen molar-refractivity contribution in [1.82, 2.24) is 15.3 Å². The number of hydrogen-bond donors (Lipinski definition) is 2. The third kappa shape index (κ3) is 3.36. The molecule has 0 saturated carbocycles. The van der Waals surface area contributed by atoms with E-state index in [9.17, 15) is 9.65 Å². The Labute approximate surface area is 174 Å². The number of halogens is 1. The zero-order valence-corrected chi connectivity index (χ0v) is 16.5. The lowest BCUT2D eigenvalue weighted by molar-refractivity contribution is 0.582. The monoisotopic (exact) mass is 396 g/mol. The third-order valence-corrected chi connectivity index (χ3v) is 5.87. The van der Waals surface area contributed by atoms with Gasteiger partial charge in [-0.3, -0.25) is 0 Å². The van der Waals surface area contributed by atoms with Crippen LogP contribution in [0.2, 0.25) is 0 Å². The Morgan fingerprint density at radius 3 is 2.50 bits per heavy atom. The molecule has 3 heterocycles. The Kier molecular flexibility index (Phi) is 4.78. The summed E-state index contributed by atoms with van der Waals surface area (Å²) in [5.41, 5.74) is 7.59. The van der Waals surface area contributed by atoms with Crippen LogP contribution in [-0.4, -0.2) is 23.1 Å². The topological polar surface area (TPSA) is 64.5 Å². The number of aromatic nitrogens is 2. The Morgan fingerprint density at radius 1 is 1.03 bits per heavy atom. The molecule has 148 valence electrons. The summed E-state index contributed by atoms with van der Waals surface area (Å²) in [6, 6.07) is 18.3. The number of nitrogens with zero attached hydrogens (tertiary/aromatic N) is 2. The number of rotatable bonds is 4. The van der Waals surface area contributed by atoms with Gasteiger partial charge < -0.3 is 10.3 Å². The van der Waals surface area contributed by atoms with Crippen LogP contribution < -0.4 is 5.32 Å². The zero-order valence-electron chi connectivity index (χ0n) is 16.5. The molecule has 30 heavy (non-hydrogen) atoms. The number of H-pyrrole nitrogens is 1. The van der Waals surface area contributed by atoms with Crippen LogP contribution in [0.3, 0.4) is 0 Å². The van der Waals surface area contributed by atoms with Crippen LogP contribution in [0.1, 0.15) is 17.5 Å². The van der Waals surface area contributed by atoms with E-state index < -0.39 is 0 Å². The van der Waals surface area contributed by atoms with Crippen LogP contribution >= 0.6 is 0 Å². The van der Waals surface area contributed by atoms with Gasteiger partial charge in [-0.15, -0.1) is 0 Å². The van der Waals surface area contributed by atoms with Gasteiger partial charge in [0.25, 0.3) is 0 Å². The molecule has 1 aliphatic heterocycles. The number of fused-ring (bicyclic) bond motifs is 1. The number of nitriles is 1. The van der Waals surface area contributed by atoms with Crippen LogP contribution in [0.4, 0.5) is 4.39 Å². The highest BCUT2D eigenvalue weighted by Crippen LogP contribution is 2.39. The van der Waals surface area contributed by atoms with Gasteiger partial charge in [0.05, 0.1) is 28.4 Å². The lowest BCUT2D eigenvalue weighted by atomic mass is 9.88. The van der Waals surface area contributed by atoms with Gasteiger partial charge in [0, 0.05) is 17.3 Å². The van der Waals surface area contributed by atoms with Crippen molar-refractivity contribution < 1.29 is 4.39 Å². The largest absolute Gasteiger partial charge is 0.360 e. The number of nitrogens with one attached hydrogen (secondary N) is 2. The van der Waals surface area contributed by atoms with E-state index >= 15 is 0 Å². The minimum atomic E-state index is -0.265. The van der Waals surface area contributed by atoms with E-state index in [1.165, 1.54) is 17.7 Å². The van der Waals surface area contributed by atoms with E-state index in [4.69, 9.17) is 4.98 Å². The number of aromatic amines is 1. The molecule has 0 amide bonds. The van der Waals surface area contributed by atoms with Crippen molar-refractivity contribution in [3.8, 4) is 28.5 Å². The second-order valence-electron chi connectivity index (χ2n) is 7.81. The first-order chi connectivity index (χ1) is 14.7. The summed E-state index contributed by atoms with van der Waals surface area (Å²) in [4.78, 5) is 8.34. The van der Waals surface area contributed by atoms with Crippen LogP contribution in [0.15, 0.2) is 60.8 Å². The Bertz CT molecular complexity index is 1230. The highest BCUT2D eigenvalue weighted by molar-refractivity contribution is 5.94. The van der Waals surface area contributed by atoms with Crippen molar-refractivity contribution in [3.05, 3.63) is 77.7 Å². The summed E-state index contributed by atoms with van der Waals surface area (Å²) >= 11 is 0. The predicted molar refractivity (Wildman–Crippen MR) is 116 cm³/mol. The van der Waals surface area contributed by atoms with Gasteiger partial charge in [0.15, 0.2) is 0 Å². The van der Waals surface area contributed by atoms with Crippen LogP contribution in [-0.2, 0) is 6.42 Å². The van der Waals surface area contributed by atoms with Crippen LogP contribution in [0.5, 0.6) is 0 Å². The molecule has 0 spiro atoms. The molecule has 2 aromatic heterocycles. The first kappa shape index (κ1) is 18.5. The van der Waals surface area contributed by atoms with E-state index in [1.54, 1.807) is 12.1 Å². The molecule has 5 heteroatoms. The Morgan fingerprint density at radius 2 is 1.80 bits per heavy atom. The molecule has 2 N–H and O–H groups in total. The number of pyridine rings is 1. The standard InChI is InChI=1S/C25H21FN4/c26-20-7-5-19(6-8-20)24-23(18-3-1-16(14-27)2-4-18)21(13-17-9-11-28-15-17)25-22(30-24)10-12-29-25/h1-8,10,12,17,28-29H,9,11,13,15H2/t17-/m1/s1. The summed E-state index contributed by atoms with van der Waals surface area (Å²) in [6.45, 7) is 2.05. The van der Waals surface area contributed by atoms with Gasteiger partial charge in [-0.25, -0.2) is 9.37 Å². The molecule has 0 aliphatic carbocycles. The molecular weight excluding hydrogens is 375 g/mol. The molecule has 5 rings (SSSR count). The summed E-state index contributed by atoms with van der Waals surface area (Å²) in [6.07, 6.45) is 3.99. The highest BCUT2D eigenvalue weighted by atomic mass is 19.1. The summed E-state index contributed by atoms with van der Waals surface area (Å²) < 4.78 is 13.6. The van der Waals surface area contributed by atoms with Gasteiger partial charge in [-0.2, -0.15) is 5.26 Å². The Hall–Kier alpha value is -3.49. The summed E-state index contributed by atoms with van der Waals surface area (Å²) in [5.74, 6) is 0.288. The second-order valence-corrected chi connectivity index (χ2v) is 7.81. The molecule has 0 bridgehead atoms. The molecule has 1 aliphatic rings. The van der Waals surface area contributed by atoms with Gasteiger partial charge in [-0.1, -0.05) is 12.1 Å². The number of hydrogen-bond acceptors (Lipinski definition) is 3. The molecule has 0 radical (unpaired) electrons. The van der Waals surface area contributed by atoms with E-state index in [0.717, 1.165) is 59.3 Å². The van der Waals surface area contributed by atoms with Gasteiger partial charge in [0.1, 0.15) is 5.82 Å². The minimum absolute atomic E-state index is 0.265. The smallest absolute Gasteiger partial charge is 0.123 e. The molecule has 0 unspecified atom stereocenters. The van der Waals surface area contributed by atoms with Gasteiger partial charge in [-0.05, 0) is 85.4 Å². The van der Waals surface area contributed by atoms with Crippen molar-refractivity contribution in [2.75, 3.05) is 13.1 Å². The minimum Gasteiger partial charge on any atom is -0.360 e. The predicted octanol–water partition coefficient (Wildman–Crippen LogP) is 5.06. The fourth-order valence-corrected chi connectivity index (χ4v) is 4.36. The maximum atomic E-state index is 13.6. The van der Waals surface area contributed by atoms with E-state index in [1.807, 2.05) is 36.5 Å². The molecule has 1 atom stereocenters. The first-order valence-corrected chi connectivity index (χ1v) is 10.2. The quantitative estimate of drug-likeness (QED) is 0.507. The van der Waals surface area contributed by atoms with Crippen molar-refractivity contribution >= 4 is 11.0 Å². The Balaban J connectivity index is 1.78. The van der Waals surface area contributed by atoms with E-state index in [2.05, 4.69) is 16.4 Å². The van der Waals surface area contributed by atoms with Crippen LogP contribution in [0.25, 0.3) is 33.4 Å². The molecule has 1 fully saturated rings. The fraction of sp³-hybridized carbons (Fsp3) is 0.200. The lowest BCUT2D eigenvalue weighted by Crippen LogP contribution is -2.12. The van der Waals surface area contributed by atoms with E-state index in [0.29, 0.717) is 11.5 Å². The average Bonchev–Trinajstić information content (AvgIpc) is 3.46. The van der Waals surface area contributed by atoms with Gasteiger partial charge in [0.2, 0.25) is 0 Å². The van der Waals surface area contributed by atoms with Crippen molar-refractivity contribution in [2.45, 2.75) is 12.8 Å². The maximum Gasteiger partial charge on any atom is 0.123 e. The van der Waals surface area contributed by atoms with Crippen LogP contribution in [0, 0.1) is 23.1 Å². The van der Waals surface area contributed by atoms with Crippen molar-refractivity contribution in [2.24, 2.45) is 5.92 Å². The maximum absolute atomic E-state index is 13.6. The third-order valence-electron chi connectivity index (χ3n) is 5.87. The van der Waals surface area contributed by atoms with Crippen molar-refractivity contribution in [3.63, 3.8) is 0 Å². The van der Waals surface area contributed by atoms with Gasteiger partial charge >= 0.3 is 0 Å². The normalized spacial score (nSPS) is 16.1. The lowest BCUT2D eigenvalue weighted by Gasteiger charge is -2.19. The zero-order chi connectivity index (χ0) is 20.5. The molecule has 4 nitrogen and oxygen atoms in total. The molecular formula is C25H21FN4. The fourth-order valence-electron chi connectivity index (χ4n) is 4.36.